The minimum atomic E-state index is -0.921. The van der Waals surface area contributed by atoms with Crippen molar-refractivity contribution >= 4 is 18.0 Å². The van der Waals surface area contributed by atoms with Gasteiger partial charge in [-0.05, 0) is 43.9 Å². The summed E-state index contributed by atoms with van der Waals surface area (Å²) < 4.78 is 0. The van der Waals surface area contributed by atoms with Crippen LogP contribution < -0.4 is 0 Å². The maximum atomic E-state index is 12.1. The summed E-state index contributed by atoms with van der Waals surface area (Å²) in [7, 11) is 0. The molecule has 0 bridgehead atoms. The molecule has 1 amide bonds. The fourth-order valence-corrected chi connectivity index (χ4v) is 2.56. The van der Waals surface area contributed by atoms with Crippen molar-refractivity contribution in [2.75, 3.05) is 6.54 Å². The third-order valence-electron chi connectivity index (χ3n) is 3.65. The van der Waals surface area contributed by atoms with E-state index in [1.165, 1.54) is 16.5 Å². The number of hydrogen-bond acceptors (Lipinski definition) is 2. The number of carboxylic acid groups (broad SMARTS) is 1. The molecule has 0 unspecified atom stereocenters. The van der Waals surface area contributed by atoms with Crippen LogP contribution in [0.1, 0.15) is 29.5 Å². The first-order chi connectivity index (χ1) is 9.49. The van der Waals surface area contributed by atoms with Gasteiger partial charge in [0.05, 0.1) is 0 Å². The van der Waals surface area contributed by atoms with E-state index < -0.39 is 12.0 Å². The van der Waals surface area contributed by atoms with Gasteiger partial charge < -0.3 is 10.0 Å². The number of rotatable bonds is 3. The van der Waals surface area contributed by atoms with Crippen LogP contribution in [0.5, 0.6) is 0 Å². The minimum Gasteiger partial charge on any atom is -0.480 e. The Hall–Kier alpha value is -2.10. The van der Waals surface area contributed by atoms with Crippen LogP contribution in [-0.4, -0.2) is 34.5 Å². The predicted octanol–water partition coefficient (Wildman–Crippen LogP) is 2.39. The summed E-state index contributed by atoms with van der Waals surface area (Å²) in [5, 5.41) is 9.07. The number of carboxylic acids is 1. The first-order valence-electron chi connectivity index (χ1n) is 6.78. The van der Waals surface area contributed by atoms with E-state index in [2.05, 4.69) is 6.07 Å². The molecule has 4 nitrogen and oxygen atoms in total. The van der Waals surface area contributed by atoms with Crippen molar-refractivity contribution in [3.05, 3.63) is 41.0 Å². The quantitative estimate of drug-likeness (QED) is 0.860. The summed E-state index contributed by atoms with van der Waals surface area (Å²) in [5.41, 5.74) is 3.26. The van der Waals surface area contributed by atoms with E-state index >= 15 is 0 Å². The van der Waals surface area contributed by atoms with Crippen molar-refractivity contribution in [2.45, 2.75) is 32.7 Å². The first kappa shape index (κ1) is 14.3. The molecule has 0 spiro atoms. The van der Waals surface area contributed by atoms with Crippen LogP contribution in [0.15, 0.2) is 24.3 Å². The second-order valence-corrected chi connectivity index (χ2v) is 5.22. The van der Waals surface area contributed by atoms with Crippen molar-refractivity contribution in [2.24, 2.45) is 0 Å². The number of carbonyl (C=O) groups excluding carboxylic acids is 1. The van der Waals surface area contributed by atoms with Gasteiger partial charge in [-0.1, -0.05) is 23.8 Å². The third-order valence-corrected chi connectivity index (χ3v) is 3.65. The lowest BCUT2D eigenvalue weighted by molar-refractivity contribution is -0.146. The molecule has 1 aliphatic heterocycles. The number of amides is 1. The van der Waals surface area contributed by atoms with E-state index in [1.54, 1.807) is 6.08 Å². The maximum Gasteiger partial charge on any atom is 0.326 e. The number of carbonyl (C=O) groups is 2. The molecule has 1 heterocycles. The maximum absolute atomic E-state index is 12.1. The molecule has 4 heteroatoms. The lowest BCUT2D eigenvalue weighted by Crippen LogP contribution is -2.39. The summed E-state index contributed by atoms with van der Waals surface area (Å²) in [6.07, 6.45) is 4.52. The van der Waals surface area contributed by atoms with Gasteiger partial charge in [0.1, 0.15) is 6.04 Å². The predicted molar refractivity (Wildman–Crippen MR) is 77.3 cm³/mol. The molecule has 1 fully saturated rings. The number of nitrogens with zero attached hydrogens (tertiary/aromatic N) is 1. The van der Waals surface area contributed by atoms with Crippen LogP contribution in [0.4, 0.5) is 0 Å². The Morgan fingerprint density at radius 3 is 2.75 bits per heavy atom. The fraction of sp³-hybridized carbons (Fsp3) is 0.375. The van der Waals surface area contributed by atoms with Crippen LogP contribution >= 0.6 is 0 Å². The van der Waals surface area contributed by atoms with Gasteiger partial charge in [0, 0.05) is 12.6 Å². The molecule has 1 N–H and O–H groups in total. The van der Waals surface area contributed by atoms with Crippen LogP contribution in [0.3, 0.4) is 0 Å². The smallest absolute Gasteiger partial charge is 0.326 e. The molecule has 0 radical (unpaired) electrons. The Bertz CT molecular complexity index is 563. The van der Waals surface area contributed by atoms with Crippen molar-refractivity contribution < 1.29 is 14.7 Å². The van der Waals surface area contributed by atoms with Crippen LogP contribution in [0, 0.1) is 13.8 Å². The second-order valence-electron chi connectivity index (χ2n) is 5.22. The molecular weight excluding hydrogens is 254 g/mol. The Morgan fingerprint density at radius 1 is 1.35 bits per heavy atom. The third kappa shape index (κ3) is 3.07. The molecule has 20 heavy (non-hydrogen) atoms. The highest BCUT2D eigenvalue weighted by atomic mass is 16.4. The van der Waals surface area contributed by atoms with E-state index in [0.29, 0.717) is 13.0 Å². The molecule has 2 rings (SSSR count). The summed E-state index contributed by atoms with van der Waals surface area (Å²) in [4.78, 5) is 24.6. The lowest BCUT2D eigenvalue weighted by Gasteiger charge is -2.19. The van der Waals surface area contributed by atoms with Gasteiger partial charge in [-0.15, -0.1) is 0 Å². The van der Waals surface area contributed by atoms with Gasteiger partial charge in [-0.25, -0.2) is 4.79 Å². The van der Waals surface area contributed by atoms with Gasteiger partial charge in [-0.2, -0.15) is 0 Å². The van der Waals surface area contributed by atoms with Gasteiger partial charge in [0.2, 0.25) is 5.91 Å². The second kappa shape index (κ2) is 5.90. The zero-order chi connectivity index (χ0) is 14.7. The average molecular weight is 273 g/mol. The molecule has 1 atom stereocenters. The summed E-state index contributed by atoms with van der Waals surface area (Å²) >= 11 is 0. The standard InChI is InChI=1S/C16H19NO3/c1-11-5-6-13(12(2)10-11)7-8-15(18)17-9-3-4-14(17)16(19)20/h5-8,10,14H,3-4,9H2,1-2H3,(H,19,20)/t14-/m1/s1. The zero-order valence-electron chi connectivity index (χ0n) is 11.8. The number of likely N-dealkylation sites (tertiary alicyclic amines) is 1. The van der Waals surface area contributed by atoms with Crippen molar-refractivity contribution in [3.8, 4) is 0 Å². The Kier molecular flexibility index (Phi) is 4.23. The first-order valence-corrected chi connectivity index (χ1v) is 6.78. The molecule has 0 aliphatic carbocycles. The van der Waals surface area contributed by atoms with E-state index in [-0.39, 0.29) is 5.91 Å². The van der Waals surface area contributed by atoms with E-state index in [9.17, 15) is 9.59 Å². The number of benzene rings is 1. The molecule has 1 aliphatic rings. The Morgan fingerprint density at radius 2 is 2.10 bits per heavy atom. The fourth-order valence-electron chi connectivity index (χ4n) is 2.56. The molecule has 0 saturated carbocycles. The highest BCUT2D eigenvalue weighted by molar-refractivity contribution is 5.94. The summed E-state index contributed by atoms with van der Waals surface area (Å²) in [6.45, 7) is 4.54. The normalized spacial score (nSPS) is 18.7. The van der Waals surface area contributed by atoms with E-state index in [1.807, 2.05) is 26.0 Å². The van der Waals surface area contributed by atoms with Crippen LogP contribution in [0.25, 0.3) is 6.08 Å². The number of hydrogen-bond donors (Lipinski definition) is 1. The van der Waals surface area contributed by atoms with Crippen LogP contribution in [-0.2, 0) is 9.59 Å². The molecule has 1 aromatic rings. The molecule has 1 aromatic carbocycles. The summed E-state index contributed by atoms with van der Waals surface area (Å²) in [6, 6.07) is 5.34. The van der Waals surface area contributed by atoms with Crippen molar-refractivity contribution in [1.82, 2.24) is 4.90 Å². The highest BCUT2D eigenvalue weighted by Gasteiger charge is 2.32. The average Bonchev–Trinajstić information content (AvgIpc) is 2.86. The number of aryl methyl sites for hydroxylation is 2. The molecule has 1 saturated heterocycles. The Labute approximate surface area is 118 Å². The molecular formula is C16H19NO3. The lowest BCUT2D eigenvalue weighted by atomic mass is 10.1. The largest absolute Gasteiger partial charge is 0.480 e. The van der Waals surface area contributed by atoms with Crippen LogP contribution in [0.2, 0.25) is 0 Å². The summed E-state index contributed by atoms with van der Waals surface area (Å²) in [5.74, 6) is -1.15. The van der Waals surface area contributed by atoms with Gasteiger partial charge in [0.25, 0.3) is 0 Å². The van der Waals surface area contributed by atoms with Crippen molar-refractivity contribution in [1.29, 1.82) is 0 Å². The topological polar surface area (TPSA) is 57.6 Å². The molecule has 0 aromatic heterocycles. The Balaban J connectivity index is 2.11. The van der Waals surface area contributed by atoms with Crippen molar-refractivity contribution in [3.63, 3.8) is 0 Å². The van der Waals surface area contributed by atoms with E-state index in [0.717, 1.165) is 17.5 Å². The van der Waals surface area contributed by atoms with Gasteiger partial charge in [-0.3, -0.25) is 4.79 Å². The van der Waals surface area contributed by atoms with Gasteiger partial charge >= 0.3 is 5.97 Å². The molecule has 106 valence electrons. The van der Waals surface area contributed by atoms with Gasteiger partial charge in [0.15, 0.2) is 0 Å². The highest BCUT2D eigenvalue weighted by Crippen LogP contribution is 2.18. The van der Waals surface area contributed by atoms with E-state index in [4.69, 9.17) is 5.11 Å². The zero-order valence-corrected chi connectivity index (χ0v) is 11.8. The minimum absolute atomic E-state index is 0.227. The SMILES string of the molecule is Cc1ccc(C=CC(=O)N2CCC[C@@H]2C(=O)O)c(C)c1. The number of aliphatic carboxylic acids is 1. The monoisotopic (exact) mass is 273 g/mol.